The number of nitrogens with one attached hydrogen (secondary N) is 2. The number of para-hydroxylation sites is 1. The fraction of sp³-hybridized carbons (Fsp3) is 0.294. The van der Waals surface area contributed by atoms with E-state index in [-0.39, 0.29) is 5.75 Å². The lowest BCUT2D eigenvalue weighted by molar-refractivity contribution is 0.602. The van der Waals surface area contributed by atoms with E-state index in [1.165, 1.54) is 5.56 Å². The smallest absolute Gasteiger partial charge is 0.232 e. The Morgan fingerprint density at radius 2 is 1.55 bits per heavy atom. The lowest BCUT2D eigenvalue weighted by Crippen LogP contribution is -2.14. The monoisotopic (exact) mass is 318 g/mol. The van der Waals surface area contributed by atoms with E-state index in [0.717, 1.165) is 11.4 Å². The third-order valence-electron chi connectivity index (χ3n) is 3.40. The SMILES string of the molecule is CCS(=O)(=O)Nc1ccc(Nc2ccccc2C(C)C)cc1. The van der Waals surface area contributed by atoms with Gasteiger partial charge in [-0.1, -0.05) is 32.0 Å². The van der Waals surface area contributed by atoms with Crippen LogP contribution in [0.4, 0.5) is 17.1 Å². The summed E-state index contributed by atoms with van der Waals surface area (Å²) < 4.78 is 25.6. The van der Waals surface area contributed by atoms with Gasteiger partial charge in [0.15, 0.2) is 0 Å². The van der Waals surface area contributed by atoms with Crippen molar-refractivity contribution >= 4 is 27.1 Å². The third kappa shape index (κ3) is 4.24. The van der Waals surface area contributed by atoms with Crippen molar-refractivity contribution in [2.75, 3.05) is 15.8 Å². The van der Waals surface area contributed by atoms with Gasteiger partial charge >= 0.3 is 0 Å². The third-order valence-corrected chi connectivity index (χ3v) is 4.71. The molecule has 0 spiro atoms. The predicted molar refractivity (Wildman–Crippen MR) is 93.3 cm³/mol. The molecule has 0 saturated carbocycles. The Morgan fingerprint density at radius 1 is 0.955 bits per heavy atom. The summed E-state index contributed by atoms with van der Waals surface area (Å²) >= 11 is 0. The first-order valence-electron chi connectivity index (χ1n) is 7.38. The first-order chi connectivity index (χ1) is 10.4. The Morgan fingerprint density at radius 3 is 2.14 bits per heavy atom. The Labute approximate surface area is 132 Å². The van der Waals surface area contributed by atoms with Gasteiger partial charge in [0, 0.05) is 17.1 Å². The van der Waals surface area contributed by atoms with E-state index in [0.29, 0.717) is 11.6 Å². The lowest BCUT2D eigenvalue weighted by Gasteiger charge is -2.15. The van der Waals surface area contributed by atoms with Crippen molar-refractivity contribution in [3.05, 3.63) is 54.1 Å². The molecule has 2 rings (SSSR count). The van der Waals surface area contributed by atoms with Crippen LogP contribution in [0.15, 0.2) is 48.5 Å². The molecular formula is C17H22N2O2S. The highest BCUT2D eigenvalue weighted by atomic mass is 32.2. The van der Waals surface area contributed by atoms with E-state index in [1.807, 2.05) is 30.3 Å². The van der Waals surface area contributed by atoms with Crippen LogP contribution in [-0.4, -0.2) is 14.2 Å². The zero-order valence-corrected chi connectivity index (χ0v) is 13.9. The lowest BCUT2D eigenvalue weighted by atomic mass is 10.0. The molecule has 2 aromatic carbocycles. The number of rotatable bonds is 6. The molecule has 0 heterocycles. The summed E-state index contributed by atoms with van der Waals surface area (Å²) in [6.45, 7) is 5.92. The maximum atomic E-state index is 11.5. The maximum Gasteiger partial charge on any atom is 0.232 e. The molecular weight excluding hydrogens is 296 g/mol. The molecule has 22 heavy (non-hydrogen) atoms. The maximum absolute atomic E-state index is 11.5. The molecule has 118 valence electrons. The molecule has 4 nitrogen and oxygen atoms in total. The van der Waals surface area contributed by atoms with Gasteiger partial charge in [0.2, 0.25) is 10.0 Å². The van der Waals surface area contributed by atoms with Gasteiger partial charge < -0.3 is 5.32 Å². The normalized spacial score (nSPS) is 11.5. The second-order valence-electron chi connectivity index (χ2n) is 5.45. The van der Waals surface area contributed by atoms with Gasteiger partial charge in [0.1, 0.15) is 0 Å². The molecule has 0 saturated heterocycles. The van der Waals surface area contributed by atoms with E-state index in [2.05, 4.69) is 30.0 Å². The summed E-state index contributed by atoms with van der Waals surface area (Å²) in [7, 11) is -3.23. The minimum atomic E-state index is -3.23. The van der Waals surface area contributed by atoms with Crippen LogP contribution in [0.3, 0.4) is 0 Å². The molecule has 2 aromatic rings. The Hall–Kier alpha value is -2.01. The molecule has 0 aliphatic carbocycles. The number of benzene rings is 2. The number of hydrogen-bond donors (Lipinski definition) is 2. The van der Waals surface area contributed by atoms with Crippen LogP contribution in [-0.2, 0) is 10.0 Å². The van der Waals surface area contributed by atoms with E-state index >= 15 is 0 Å². The standard InChI is InChI=1S/C17H22N2O2S/c1-4-22(20,21)19-15-11-9-14(10-12-15)18-17-8-6-5-7-16(17)13(2)3/h5-13,18-19H,4H2,1-3H3. The highest BCUT2D eigenvalue weighted by molar-refractivity contribution is 7.92. The molecule has 0 amide bonds. The molecule has 0 aromatic heterocycles. The van der Waals surface area contributed by atoms with Gasteiger partial charge in [-0.05, 0) is 48.7 Å². The highest BCUT2D eigenvalue weighted by Gasteiger charge is 2.08. The Bertz CT molecular complexity index is 723. The zero-order valence-electron chi connectivity index (χ0n) is 13.1. The van der Waals surface area contributed by atoms with E-state index < -0.39 is 10.0 Å². The average molecular weight is 318 g/mol. The molecule has 0 unspecified atom stereocenters. The second-order valence-corrected chi connectivity index (χ2v) is 7.46. The molecule has 0 fully saturated rings. The van der Waals surface area contributed by atoms with Crippen molar-refractivity contribution < 1.29 is 8.42 Å². The van der Waals surface area contributed by atoms with Crippen molar-refractivity contribution in [2.24, 2.45) is 0 Å². The zero-order chi connectivity index (χ0) is 16.2. The summed E-state index contributed by atoms with van der Waals surface area (Å²) in [6, 6.07) is 15.4. The summed E-state index contributed by atoms with van der Waals surface area (Å²) in [5, 5.41) is 3.38. The Balaban J connectivity index is 2.16. The van der Waals surface area contributed by atoms with Crippen molar-refractivity contribution in [3.63, 3.8) is 0 Å². The molecule has 2 N–H and O–H groups in total. The van der Waals surface area contributed by atoms with Crippen LogP contribution < -0.4 is 10.0 Å². The summed E-state index contributed by atoms with van der Waals surface area (Å²) in [4.78, 5) is 0. The van der Waals surface area contributed by atoms with Crippen LogP contribution in [0.2, 0.25) is 0 Å². The van der Waals surface area contributed by atoms with Gasteiger partial charge in [0.05, 0.1) is 5.75 Å². The van der Waals surface area contributed by atoms with Gasteiger partial charge in [0.25, 0.3) is 0 Å². The van der Waals surface area contributed by atoms with Crippen LogP contribution in [0, 0.1) is 0 Å². The number of anilines is 3. The van der Waals surface area contributed by atoms with Crippen molar-refractivity contribution in [1.82, 2.24) is 0 Å². The first kappa shape index (κ1) is 16.4. The highest BCUT2D eigenvalue weighted by Crippen LogP contribution is 2.27. The summed E-state index contributed by atoms with van der Waals surface area (Å²) in [6.07, 6.45) is 0. The van der Waals surface area contributed by atoms with Crippen LogP contribution in [0.1, 0.15) is 32.3 Å². The van der Waals surface area contributed by atoms with Crippen molar-refractivity contribution in [3.8, 4) is 0 Å². The van der Waals surface area contributed by atoms with Crippen LogP contribution in [0.25, 0.3) is 0 Å². The largest absolute Gasteiger partial charge is 0.355 e. The van der Waals surface area contributed by atoms with Gasteiger partial charge in [-0.25, -0.2) is 8.42 Å². The predicted octanol–water partition coefficient (Wildman–Crippen LogP) is 4.32. The second kappa shape index (κ2) is 6.83. The topological polar surface area (TPSA) is 58.2 Å². The fourth-order valence-corrected chi connectivity index (χ4v) is 2.78. The fourth-order valence-electron chi connectivity index (χ4n) is 2.14. The first-order valence-corrected chi connectivity index (χ1v) is 9.03. The van der Waals surface area contributed by atoms with E-state index in [9.17, 15) is 8.42 Å². The summed E-state index contributed by atoms with van der Waals surface area (Å²) in [5.74, 6) is 0.494. The molecule has 5 heteroatoms. The van der Waals surface area contributed by atoms with E-state index in [1.54, 1.807) is 19.1 Å². The van der Waals surface area contributed by atoms with Crippen molar-refractivity contribution in [1.29, 1.82) is 0 Å². The molecule has 0 bridgehead atoms. The molecule has 0 aliphatic rings. The average Bonchev–Trinajstić information content (AvgIpc) is 2.49. The number of sulfonamides is 1. The summed E-state index contributed by atoms with van der Waals surface area (Å²) in [5.41, 5.74) is 3.81. The van der Waals surface area contributed by atoms with E-state index in [4.69, 9.17) is 0 Å². The van der Waals surface area contributed by atoms with Crippen LogP contribution >= 0.6 is 0 Å². The quantitative estimate of drug-likeness (QED) is 0.834. The molecule has 0 radical (unpaired) electrons. The minimum absolute atomic E-state index is 0.0643. The number of hydrogen-bond acceptors (Lipinski definition) is 3. The van der Waals surface area contributed by atoms with Gasteiger partial charge in [-0.15, -0.1) is 0 Å². The van der Waals surface area contributed by atoms with Crippen LogP contribution in [0.5, 0.6) is 0 Å². The van der Waals surface area contributed by atoms with Gasteiger partial charge in [-0.3, -0.25) is 4.72 Å². The molecule has 0 aliphatic heterocycles. The van der Waals surface area contributed by atoms with Gasteiger partial charge in [-0.2, -0.15) is 0 Å². The van der Waals surface area contributed by atoms with Crippen molar-refractivity contribution in [2.45, 2.75) is 26.7 Å². The Kier molecular flexibility index (Phi) is 5.08. The minimum Gasteiger partial charge on any atom is -0.355 e. The molecule has 0 atom stereocenters.